The SMILES string of the molecule is CCC12COC(=O)N1CCN(Cc1nccn1-c1ccc(OC)cc1)C2. The lowest BCUT2D eigenvalue weighted by atomic mass is 9.93. The summed E-state index contributed by atoms with van der Waals surface area (Å²) in [7, 11) is 1.67. The van der Waals surface area contributed by atoms with E-state index in [1.807, 2.05) is 41.6 Å². The third-order valence-corrected chi connectivity index (χ3v) is 5.51. The first-order valence-electron chi connectivity index (χ1n) is 8.98. The fourth-order valence-electron chi connectivity index (χ4n) is 3.91. The van der Waals surface area contributed by atoms with Crippen molar-refractivity contribution in [3.8, 4) is 11.4 Å². The summed E-state index contributed by atoms with van der Waals surface area (Å²) >= 11 is 0. The van der Waals surface area contributed by atoms with Gasteiger partial charge >= 0.3 is 6.09 Å². The number of amides is 1. The second-order valence-corrected chi connectivity index (χ2v) is 6.91. The zero-order valence-corrected chi connectivity index (χ0v) is 15.2. The van der Waals surface area contributed by atoms with Crippen LogP contribution in [0.1, 0.15) is 19.2 Å². The second-order valence-electron chi connectivity index (χ2n) is 6.91. The minimum absolute atomic E-state index is 0.175. The molecule has 0 saturated carbocycles. The molecule has 4 rings (SSSR count). The molecule has 2 saturated heterocycles. The summed E-state index contributed by atoms with van der Waals surface area (Å²) in [5, 5.41) is 0. The second kappa shape index (κ2) is 6.64. The molecule has 2 aliphatic rings. The number of nitrogens with zero attached hydrogens (tertiary/aromatic N) is 4. The van der Waals surface area contributed by atoms with Crippen LogP contribution in [0.5, 0.6) is 5.75 Å². The summed E-state index contributed by atoms with van der Waals surface area (Å²) in [6, 6.07) is 7.95. The Morgan fingerprint density at radius 1 is 1.27 bits per heavy atom. The summed E-state index contributed by atoms with van der Waals surface area (Å²) < 4.78 is 12.7. The molecule has 1 atom stereocenters. The van der Waals surface area contributed by atoms with Gasteiger partial charge in [0.15, 0.2) is 0 Å². The molecule has 0 radical (unpaired) electrons. The Morgan fingerprint density at radius 3 is 2.81 bits per heavy atom. The Labute approximate surface area is 153 Å². The Bertz CT molecular complexity index is 788. The third kappa shape index (κ3) is 2.82. The van der Waals surface area contributed by atoms with Crippen molar-refractivity contribution in [1.29, 1.82) is 0 Å². The van der Waals surface area contributed by atoms with Gasteiger partial charge in [0.25, 0.3) is 0 Å². The van der Waals surface area contributed by atoms with Crippen LogP contribution in [0.4, 0.5) is 4.79 Å². The zero-order chi connectivity index (χ0) is 18.1. The quantitative estimate of drug-likeness (QED) is 0.823. The lowest BCUT2D eigenvalue weighted by Crippen LogP contribution is -2.60. The summed E-state index contributed by atoms with van der Waals surface area (Å²) in [5.74, 6) is 1.82. The number of aromatic nitrogens is 2. The predicted molar refractivity (Wildman–Crippen MR) is 96.5 cm³/mol. The number of carbonyl (C=O) groups excluding carboxylic acids is 1. The smallest absolute Gasteiger partial charge is 0.410 e. The molecule has 1 aromatic carbocycles. The van der Waals surface area contributed by atoms with E-state index < -0.39 is 0 Å². The van der Waals surface area contributed by atoms with Crippen molar-refractivity contribution in [1.82, 2.24) is 19.4 Å². The van der Waals surface area contributed by atoms with Crippen LogP contribution in [0.3, 0.4) is 0 Å². The average Bonchev–Trinajstić information content (AvgIpc) is 3.27. The molecule has 2 aliphatic heterocycles. The topological polar surface area (TPSA) is 59.8 Å². The Morgan fingerprint density at radius 2 is 2.08 bits per heavy atom. The molecular weight excluding hydrogens is 332 g/mol. The van der Waals surface area contributed by atoms with Crippen LogP contribution in [0.25, 0.3) is 5.69 Å². The van der Waals surface area contributed by atoms with Crippen LogP contribution >= 0.6 is 0 Å². The molecule has 1 amide bonds. The summed E-state index contributed by atoms with van der Waals surface area (Å²) in [4.78, 5) is 20.8. The largest absolute Gasteiger partial charge is 0.497 e. The fourth-order valence-corrected chi connectivity index (χ4v) is 3.91. The number of fused-ring (bicyclic) bond motifs is 1. The van der Waals surface area contributed by atoms with Crippen molar-refractivity contribution in [3.63, 3.8) is 0 Å². The zero-order valence-electron chi connectivity index (χ0n) is 15.2. The molecular formula is C19H24N4O3. The minimum Gasteiger partial charge on any atom is -0.497 e. The number of carbonyl (C=O) groups is 1. The molecule has 2 fully saturated rings. The summed E-state index contributed by atoms with van der Waals surface area (Å²) in [5.41, 5.74) is 0.855. The van der Waals surface area contributed by atoms with Gasteiger partial charge in [-0.25, -0.2) is 9.78 Å². The van der Waals surface area contributed by atoms with Gasteiger partial charge in [-0.1, -0.05) is 6.92 Å². The fraction of sp³-hybridized carbons (Fsp3) is 0.474. The van der Waals surface area contributed by atoms with Crippen LogP contribution in [0, 0.1) is 0 Å². The van der Waals surface area contributed by atoms with Crippen LogP contribution in [-0.2, 0) is 11.3 Å². The lowest BCUT2D eigenvalue weighted by Gasteiger charge is -2.44. The van der Waals surface area contributed by atoms with E-state index in [1.165, 1.54) is 0 Å². The Hall–Kier alpha value is -2.54. The molecule has 7 nitrogen and oxygen atoms in total. The molecule has 0 spiro atoms. The van der Waals surface area contributed by atoms with Gasteiger partial charge in [0.05, 0.1) is 19.2 Å². The van der Waals surface area contributed by atoms with Gasteiger partial charge in [-0.05, 0) is 30.7 Å². The Kier molecular flexibility index (Phi) is 4.32. The van der Waals surface area contributed by atoms with Gasteiger partial charge in [-0.3, -0.25) is 9.80 Å². The highest BCUT2D eigenvalue weighted by Crippen LogP contribution is 2.32. The number of imidazole rings is 1. The third-order valence-electron chi connectivity index (χ3n) is 5.51. The van der Waals surface area contributed by atoms with Crippen LogP contribution in [0.15, 0.2) is 36.7 Å². The number of hydrogen-bond donors (Lipinski definition) is 0. The maximum Gasteiger partial charge on any atom is 0.410 e. The minimum atomic E-state index is -0.202. The van der Waals surface area contributed by atoms with Gasteiger partial charge in [-0.15, -0.1) is 0 Å². The van der Waals surface area contributed by atoms with Crippen LogP contribution in [0.2, 0.25) is 0 Å². The molecule has 1 unspecified atom stereocenters. The van der Waals surface area contributed by atoms with E-state index in [1.54, 1.807) is 7.11 Å². The van der Waals surface area contributed by atoms with Gasteiger partial charge in [0.2, 0.25) is 0 Å². The first kappa shape index (κ1) is 16.9. The molecule has 3 heterocycles. The number of rotatable bonds is 5. The number of ether oxygens (including phenoxy) is 2. The monoisotopic (exact) mass is 356 g/mol. The lowest BCUT2D eigenvalue weighted by molar-refractivity contribution is 0.0434. The van der Waals surface area contributed by atoms with E-state index in [2.05, 4.69) is 21.4 Å². The first-order chi connectivity index (χ1) is 12.6. The van der Waals surface area contributed by atoms with Crippen molar-refractivity contribution >= 4 is 6.09 Å². The molecule has 7 heteroatoms. The molecule has 0 aliphatic carbocycles. The van der Waals surface area contributed by atoms with E-state index in [9.17, 15) is 4.79 Å². The maximum atomic E-state index is 11.9. The first-order valence-corrected chi connectivity index (χ1v) is 8.98. The standard InChI is InChI=1S/C19H24N4O3/c1-3-19-13-21(10-11-23(19)18(24)26-14-19)12-17-20-8-9-22(17)15-4-6-16(25-2)7-5-15/h4-9H,3,10-14H2,1-2H3. The summed E-state index contributed by atoms with van der Waals surface area (Å²) in [6.45, 7) is 5.68. The van der Waals surface area contributed by atoms with Gasteiger partial charge in [0, 0.05) is 37.7 Å². The van der Waals surface area contributed by atoms with Gasteiger partial charge < -0.3 is 14.0 Å². The molecule has 138 valence electrons. The van der Waals surface area contributed by atoms with Gasteiger partial charge in [-0.2, -0.15) is 0 Å². The van der Waals surface area contributed by atoms with E-state index in [-0.39, 0.29) is 11.6 Å². The Balaban J connectivity index is 1.52. The highest BCUT2D eigenvalue weighted by molar-refractivity contribution is 5.71. The number of cyclic esters (lactones) is 1. The predicted octanol–water partition coefficient (Wildman–Crippen LogP) is 2.30. The van der Waals surface area contributed by atoms with E-state index in [4.69, 9.17) is 9.47 Å². The molecule has 0 bridgehead atoms. The average molecular weight is 356 g/mol. The van der Waals surface area contributed by atoms with Crippen molar-refractivity contribution in [2.24, 2.45) is 0 Å². The highest BCUT2D eigenvalue weighted by atomic mass is 16.6. The van der Waals surface area contributed by atoms with Crippen LogP contribution < -0.4 is 4.74 Å². The van der Waals surface area contributed by atoms with Crippen molar-refractivity contribution < 1.29 is 14.3 Å². The molecule has 2 aromatic rings. The number of hydrogen-bond acceptors (Lipinski definition) is 5. The molecule has 26 heavy (non-hydrogen) atoms. The number of piperazine rings is 1. The van der Waals surface area contributed by atoms with Crippen LogP contribution in [-0.4, -0.2) is 64.3 Å². The van der Waals surface area contributed by atoms with Crippen molar-refractivity contribution in [2.75, 3.05) is 33.4 Å². The number of benzene rings is 1. The van der Waals surface area contributed by atoms with E-state index in [0.29, 0.717) is 13.2 Å². The van der Waals surface area contributed by atoms with E-state index in [0.717, 1.165) is 43.3 Å². The van der Waals surface area contributed by atoms with E-state index >= 15 is 0 Å². The van der Waals surface area contributed by atoms with Crippen molar-refractivity contribution in [3.05, 3.63) is 42.5 Å². The number of methoxy groups -OCH3 is 1. The maximum absolute atomic E-state index is 11.9. The highest BCUT2D eigenvalue weighted by Gasteiger charge is 2.49. The molecule has 0 N–H and O–H groups in total. The van der Waals surface area contributed by atoms with Crippen molar-refractivity contribution in [2.45, 2.75) is 25.4 Å². The normalized spacial score (nSPS) is 23.0. The summed E-state index contributed by atoms with van der Waals surface area (Å²) in [6.07, 6.45) is 4.52. The molecule has 1 aromatic heterocycles. The van der Waals surface area contributed by atoms with Gasteiger partial charge in [0.1, 0.15) is 18.2 Å².